The Hall–Kier alpha value is -2.18. The van der Waals surface area contributed by atoms with Gasteiger partial charge in [-0.1, -0.05) is 30.3 Å². The number of piperidine rings is 1. The highest BCUT2D eigenvalue weighted by Crippen LogP contribution is 2.33. The molecule has 4 rings (SSSR count). The number of carbonyl (C=O) groups is 2. The fourth-order valence-corrected chi connectivity index (χ4v) is 4.32. The molecule has 1 aromatic rings. The van der Waals surface area contributed by atoms with Crippen LogP contribution in [0.2, 0.25) is 0 Å². The average molecular weight is 383 g/mol. The summed E-state index contributed by atoms with van der Waals surface area (Å²) in [6.07, 6.45) is 4.14. The first-order valence-corrected chi connectivity index (χ1v) is 10.5. The monoisotopic (exact) mass is 383 g/mol. The second-order valence-corrected chi connectivity index (χ2v) is 7.71. The van der Waals surface area contributed by atoms with Crippen LogP contribution in [0.25, 0.3) is 5.57 Å². The standard InChI is InChI=1S/C22H29N3O3/c26-21-19(18-8-3-1-4-9-18)20(24-11-5-2-6-12-24)22(27)25(21)13-7-10-23-14-16-28-17-15-23/h1,3-4,8-9H,2,5-7,10-17H2. The Bertz CT molecular complexity index is 735. The van der Waals surface area contributed by atoms with Gasteiger partial charge in [0, 0.05) is 39.3 Å². The van der Waals surface area contributed by atoms with Crippen LogP contribution in [0.1, 0.15) is 31.2 Å². The molecule has 0 unspecified atom stereocenters. The van der Waals surface area contributed by atoms with Crippen molar-refractivity contribution in [1.82, 2.24) is 14.7 Å². The summed E-state index contributed by atoms with van der Waals surface area (Å²) in [5.41, 5.74) is 2.04. The van der Waals surface area contributed by atoms with Crippen LogP contribution in [-0.2, 0) is 14.3 Å². The summed E-state index contributed by atoms with van der Waals surface area (Å²) in [4.78, 5) is 32.4. The predicted octanol–water partition coefficient (Wildman–Crippen LogP) is 1.97. The van der Waals surface area contributed by atoms with E-state index in [4.69, 9.17) is 4.74 Å². The molecule has 0 N–H and O–H groups in total. The molecule has 1 aromatic carbocycles. The van der Waals surface area contributed by atoms with Crippen molar-refractivity contribution in [3.8, 4) is 0 Å². The topological polar surface area (TPSA) is 53.1 Å². The van der Waals surface area contributed by atoms with Gasteiger partial charge in [-0.15, -0.1) is 0 Å². The van der Waals surface area contributed by atoms with Crippen molar-refractivity contribution in [3.05, 3.63) is 41.6 Å². The SMILES string of the molecule is O=C1C(c2ccccc2)=C(N2CCCCC2)C(=O)N1CCCN1CCOCC1. The zero-order chi connectivity index (χ0) is 19.3. The van der Waals surface area contributed by atoms with Gasteiger partial charge in [0.25, 0.3) is 11.8 Å². The number of nitrogens with zero attached hydrogens (tertiary/aromatic N) is 3. The van der Waals surface area contributed by atoms with E-state index in [-0.39, 0.29) is 11.8 Å². The van der Waals surface area contributed by atoms with Crippen molar-refractivity contribution >= 4 is 17.4 Å². The molecule has 0 spiro atoms. The van der Waals surface area contributed by atoms with Crippen LogP contribution in [0.3, 0.4) is 0 Å². The minimum absolute atomic E-state index is 0.118. The van der Waals surface area contributed by atoms with Gasteiger partial charge in [0.1, 0.15) is 5.70 Å². The van der Waals surface area contributed by atoms with E-state index in [1.165, 1.54) is 11.3 Å². The summed E-state index contributed by atoms with van der Waals surface area (Å²) < 4.78 is 5.39. The Morgan fingerprint density at radius 1 is 0.821 bits per heavy atom. The van der Waals surface area contributed by atoms with E-state index in [0.29, 0.717) is 17.8 Å². The quantitative estimate of drug-likeness (QED) is 0.703. The molecule has 3 aliphatic rings. The summed E-state index contributed by atoms with van der Waals surface area (Å²) in [7, 11) is 0. The van der Waals surface area contributed by atoms with Crippen LogP contribution in [0.4, 0.5) is 0 Å². The van der Waals surface area contributed by atoms with Crippen molar-refractivity contribution in [2.24, 2.45) is 0 Å². The van der Waals surface area contributed by atoms with E-state index in [1.807, 2.05) is 30.3 Å². The van der Waals surface area contributed by atoms with E-state index < -0.39 is 0 Å². The molecular weight excluding hydrogens is 354 g/mol. The number of morpholine rings is 1. The molecule has 2 fully saturated rings. The highest BCUT2D eigenvalue weighted by Gasteiger charge is 2.41. The summed E-state index contributed by atoms with van der Waals surface area (Å²) in [5.74, 6) is -0.258. The van der Waals surface area contributed by atoms with Crippen molar-refractivity contribution < 1.29 is 14.3 Å². The van der Waals surface area contributed by atoms with Crippen molar-refractivity contribution in [3.63, 3.8) is 0 Å². The lowest BCUT2D eigenvalue weighted by molar-refractivity contribution is -0.137. The first-order chi connectivity index (χ1) is 13.8. The number of rotatable bonds is 6. The van der Waals surface area contributed by atoms with Gasteiger partial charge in [-0.05, 0) is 31.2 Å². The highest BCUT2D eigenvalue weighted by molar-refractivity contribution is 6.35. The summed E-state index contributed by atoms with van der Waals surface area (Å²) in [5, 5.41) is 0. The predicted molar refractivity (Wildman–Crippen MR) is 107 cm³/mol. The molecule has 0 bridgehead atoms. The van der Waals surface area contributed by atoms with E-state index in [9.17, 15) is 9.59 Å². The fourth-order valence-electron chi connectivity index (χ4n) is 4.32. The number of ether oxygens (including phenoxy) is 1. The van der Waals surface area contributed by atoms with E-state index in [0.717, 1.165) is 70.8 Å². The van der Waals surface area contributed by atoms with Crippen LogP contribution in [0, 0.1) is 0 Å². The number of imide groups is 1. The van der Waals surface area contributed by atoms with E-state index >= 15 is 0 Å². The number of hydrogen-bond donors (Lipinski definition) is 0. The molecule has 150 valence electrons. The van der Waals surface area contributed by atoms with Gasteiger partial charge in [-0.3, -0.25) is 19.4 Å². The van der Waals surface area contributed by atoms with Crippen LogP contribution < -0.4 is 0 Å². The fraction of sp³-hybridized carbons (Fsp3) is 0.545. The molecular formula is C22H29N3O3. The molecule has 0 aliphatic carbocycles. The lowest BCUT2D eigenvalue weighted by atomic mass is 10.0. The Morgan fingerprint density at radius 3 is 2.25 bits per heavy atom. The number of carbonyl (C=O) groups excluding carboxylic acids is 2. The zero-order valence-corrected chi connectivity index (χ0v) is 16.4. The molecule has 6 heteroatoms. The van der Waals surface area contributed by atoms with E-state index in [1.54, 1.807) is 0 Å². The molecule has 2 saturated heterocycles. The first kappa shape index (κ1) is 19.2. The minimum Gasteiger partial charge on any atom is -0.379 e. The molecule has 6 nitrogen and oxygen atoms in total. The molecule has 0 atom stereocenters. The normalized spacial score (nSPS) is 21.7. The third-order valence-electron chi connectivity index (χ3n) is 5.84. The zero-order valence-electron chi connectivity index (χ0n) is 16.4. The molecule has 0 aromatic heterocycles. The van der Waals surface area contributed by atoms with Crippen LogP contribution in [0.15, 0.2) is 36.0 Å². The second-order valence-electron chi connectivity index (χ2n) is 7.71. The van der Waals surface area contributed by atoms with Crippen LogP contribution in [0.5, 0.6) is 0 Å². The Morgan fingerprint density at radius 2 is 1.54 bits per heavy atom. The molecule has 3 aliphatic heterocycles. The molecule has 0 radical (unpaired) electrons. The second kappa shape index (κ2) is 8.88. The number of hydrogen-bond acceptors (Lipinski definition) is 5. The molecule has 2 amide bonds. The summed E-state index contributed by atoms with van der Waals surface area (Å²) >= 11 is 0. The number of amides is 2. The summed E-state index contributed by atoms with van der Waals surface area (Å²) in [6.45, 7) is 6.45. The Balaban J connectivity index is 1.51. The molecule has 3 heterocycles. The first-order valence-electron chi connectivity index (χ1n) is 10.5. The lowest BCUT2D eigenvalue weighted by Gasteiger charge is -2.30. The third-order valence-corrected chi connectivity index (χ3v) is 5.84. The third kappa shape index (κ3) is 3.98. The van der Waals surface area contributed by atoms with Gasteiger partial charge in [0.15, 0.2) is 0 Å². The molecule has 0 saturated carbocycles. The van der Waals surface area contributed by atoms with Gasteiger partial charge >= 0.3 is 0 Å². The average Bonchev–Trinajstić information content (AvgIpc) is 3.00. The summed E-state index contributed by atoms with van der Waals surface area (Å²) in [6, 6.07) is 9.65. The minimum atomic E-state index is -0.140. The largest absolute Gasteiger partial charge is 0.379 e. The smallest absolute Gasteiger partial charge is 0.277 e. The van der Waals surface area contributed by atoms with Gasteiger partial charge < -0.3 is 9.64 Å². The maximum absolute atomic E-state index is 13.3. The Kier molecular flexibility index (Phi) is 6.07. The van der Waals surface area contributed by atoms with Gasteiger partial charge in [0.2, 0.25) is 0 Å². The van der Waals surface area contributed by atoms with Gasteiger partial charge in [-0.25, -0.2) is 0 Å². The maximum atomic E-state index is 13.3. The van der Waals surface area contributed by atoms with Crippen LogP contribution >= 0.6 is 0 Å². The van der Waals surface area contributed by atoms with Crippen molar-refractivity contribution in [1.29, 1.82) is 0 Å². The molecule has 28 heavy (non-hydrogen) atoms. The highest BCUT2D eigenvalue weighted by atomic mass is 16.5. The number of likely N-dealkylation sites (tertiary alicyclic amines) is 1. The van der Waals surface area contributed by atoms with Crippen molar-refractivity contribution in [2.45, 2.75) is 25.7 Å². The van der Waals surface area contributed by atoms with Crippen LogP contribution in [-0.4, -0.2) is 79.0 Å². The van der Waals surface area contributed by atoms with Crippen molar-refractivity contribution in [2.75, 3.05) is 52.5 Å². The maximum Gasteiger partial charge on any atom is 0.277 e. The van der Waals surface area contributed by atoms with Gasteiger partial charge in [-0.2, -0.15) is 0 Å². The number of benzene rings is 1. The van der Waals surface area contributed by atoms with Gasteiger partial charge in [0.05, 0.1) is 18.8 Å². The van der Waals surface area contributed by atoms with E-state index in [2.05, 4.69) is 9.80 Å². The Labute approximate surface area is 166 Å². The lowest BCUT2D eigenvalue weighted by Crippen LogP contribution is -2.40.